The van der Waals surface area contributed by atoms with E-state index >= 15 is 0 Å². The number of carbonyl (C=O) groups excluding carboxylic acids is 1. The summed E-state index contributed by atoms with van der Waals surface area (Å²) in [5, 5.41) is 10.8. The standard InChI is InChI=1S/C16H13BrN4O2S/c1-10(14(22)19-13-6-4-12(17)5-7-13)24-16-21-20-15(23-16)11-3-2-8-18-9-11/h2-10H,1H3,(H,19,22)/t10-/m0/s1. The molecule has 0 saturated carbocycles. The zero-order chi connectivity index (χ0) is 16.9. The van der Waals surface area contributed by atoms with Crippen molar-refractivity contribution in [2.24, 2.45) is 0 Å². The number of anilines is 1. The molecule has 1 N–H and O–H groups in total. The van der Waals surface area contributed by atoms with Crippen molar-refractivity contribution in [1.82, 2.24) is 15.2 Å². The number of rotatable bonds is 5. The number of pyridine rings is 1. The van der Waals surface area contributed by atoms with E-state index in [2.05, 4.69) is 36.4 Å². The molecule has 0 aliphatic heterocycles. The highest BCUT2D eigenvalue weighted by atomic mass is 79.9. The van der Waals surface area contributed by atoms with E-state index in [0.717, 1.165) is 15.7 Å². The first-order valence-electron chi connectivity index (χ1n) is 7.09. The minimum absolute atomic E-state index is 0.136. The van der Waals surface area contributed by atoms with Crippen LogP contribution in [-0.4, -0.2) is 26.3 Å². The fourth-order valence-electron chi connectivity index (χ4n) is 1.85. The Bertz CT molecular complexity index is 824. The molecule has 2 aromatic heterocycles. The van der Waals surface area contributed by atoms with E-state index in [9.17, 15) is 4.79 Å². The van der Waals surface area contributed by atoms with E-state index in [4.69, 9.17) is 4.42 Å². The van der Waals surface area contributed by atoms with Crippen molar-refractivity contribution >= 4 is 39.3 Å². The largest absolute Gasteiger partial charge is 0.411 e. The van der Waals surface area contributed by atoms with Crippen LogP contribution in [0.1, 0.15) is 6.92 Å². The summed E-state index contributed by atoms with van der Waals surface area (Å²) in [6, 6.07) is 11.0. The second kappa shape index (κ2) is 7.59. The van der Waals surface area contributed by atoms with Gasteiger partial charge in [0.2, 0.25) is 11.8 Å². The molecule has 1 aromatic carbocycles. The van der Waals surface area contributed by atoms with E-state index in [1.807, 2.05) is 30.3 Å². The predicted molar refractivity (Wildman–Crippen MR) is 95.6 cm³/mol. The first kappa shape index (κ1) is 16.7. The minimum Gasteiger partial charge on any atom is -0.411 e. The molecule has 0 saturated heterocycles. The van der Waals surface area contributed by atoms with Crippen LogP contribution in [0, 0.1) is 0 Å². The van der Waals surface area contributed by atoms with Crippen molar-refractivity contribution in [3.05, 3.63) is 53.3 Å². The number of amides is 1. The number of benzene rings is 1. The van der Waals surface area contributed by atoms with Crippen molar-refractivity contribution in [3.8, 4) is 11.5 Å². The van der Waals surface area contributed by atoms with E-state index in [-0.39, 0.29) is 11.2 Å². The first-order chi connectivity index (χ1) is 11.6. The molecule has 0 spiro atoms. The van der Waals surface area contributed by atoms with Gasteiger partial charge >= 0.3 is 0 Å². The summed E-state index contributed by atoms with van der Waals surface area (Å²) >= 11 is 4.57. The van der Waals surface area contributed by atoms with Gasteiger partial charge in [-0.3, -0.25) is 9.78 Å². The molecule has 122 valence electrons. The first-order valence-corrected chi connectivity index (χ1v) is 8.76. The maximum atomic E-state index is 12.2. The molecule has 1 amide bonds. The maximum Gasteiger partial charge on any atom is 0.277 e. The third-order valence-corrected chi connectivity index (χ3v) is 4.54. The van der Waals surface area contributed by atoms with Gasteiger partial charge in [-0.05, 0) is 43.3 Å². The summed E-state index contributed by atoms with van der Waals surface area (Å²) in [6.07, 6.45) is 3.32. The lowest BCUT2D eigenvalue weighted by Crippen LogP contribution is -2.22. The summed E-state index contributed by atoms with van der Waals surface area (Å²) < 4.78 is 6.53. The Hall–Kier alpha value is -2.19. The molecule has 1 atom stereocenters. The van der Waals surface area contributed by atoms with Gasteiger partial charge in [-0.1, -0.05) is 27.7 Å². The van der Waals surface area contributed by atoms with Crippen molar-refractivity contribution in [2.75, 3.05) is 5.32 Å². The van der Waals surface area contributed by atoms with Crippen LogP contribution in [0.15, 0.2) is 62.9 Å². The van der Waals surface area contributed by atoms with Gasteiger partial charge in [0.15, 0.2) is 0 Å². The second-order valence-electron chi connectivity index (χ2n) is 4.87. The average Bonchev–Trinajstić information content (AvgIpc) is 3.06. The van der Waals surface area contributed by atoms with Gasteiger partial charge in [0.25, 0.3) is 5.22 Å². The molecule has 0 bridgehead atoms. The Labute approximate surface area is 151 Å². The summed E-state index contributed by atoms with van der Waals surface area (Å²) in [7, 11) is 0. The summed E-state index contributed by atoms with van der Waals surface area (Å²) in [4.78, 5) is 16.2. The lowest BCUT2D eigenvalue weighted by molar-refractivity contribution is -0.115. The van der Waals surface area contributed by atoms with Gasteiger partial charge in [0.1, 0.15) is 0 Å². The van der Waals surface area contributed by atoms with Crippen molar-refractivity contribution < 1.29 is 9.21 Å². The summed E-state index contributed by atoms with van der Waals surface area (Å²) in [5.74, 6) is 0.245. The van der Waals surface area contributed by atoms with E-state index in [0.29, 0.717) is 11.1 Å². The van der Waals surface area contributed by atoms with Gasteiger partial charge in [0.05, 0.1) is 10.8 Å². The number of carbonyl (C=O) groups is 1. The average molecular weight is 405 g/mol. The Morgan fingerprint density at radius 1 is 1.25 bits per heavy atom. The molecule has 0 aliphatic carbocycles. The maximum absolute atomic E-state index is 12.2. The number of thioether (sulfide) groups is 1. The molecule has 8 heteroatoms. The molecule has 3 aromatic rings. The Morgan fingerprint density at radius 2 is 2.04 bits per heavy atom. The highest BCUT2D eigenvalue weighted by Gasteiger charge is 2.19. The quantitative estimate of drug-likeness (QED) is 0.646. The molecular formula is C16H13BrN4O2S. The highest BCUT2D eigenvalue weighted by Crippen LogP contribution is 2.26. The van der Waals surface area contributed by atoms with Crippen LogP contribution in [0.5, 0.6) is 0 Å². The molecule has 6 nitrogen and oxygen atoms in total. The molecule has 0 fully saturated rings. The molecule has 0 aliphatic rings. The fourth-order valence-corrected chi connectivity index (χ4v) is 2.79. The van der Waals surface area contributed by atoms with Crippen LogP contribution in [0.2, 0.25) is 0 Å². The van der Waals surface area contributed by atoms with E-state index < -0.39 is 0 Å². The third kappa shape index (κ3) is 4.21. The summed E-state index contributed by atoms with van der Waals surface area (Å²) in [6.45, 7) is 1.78. The number of nitrogens with zero attached hydrogens (tertiary/aromatic N) is 3. The van der Waals surface area contributed by atoms with Gasteiger partial charge in [-0.15, -0.1) is 10.2 Å². The SMILES string of the molecule is C[C@H](Sc1nnc(-c2cccnc2)o1)C(=O)Nc1ccc(Br)cc1. The predicted octanol–water partition coefficient (Wildman–Crippen LogP) is 4.01. The molecule has 3 rings (SSSR count). The zero-order valence-electron chi connectivity index (χ0n) is 12.6. The monoisotopic (exact) mass is 404 g/mol. The summed E-state index contributed by atoms with van der Waals surface area (Å²) in [5.41, 5.74) is 1.47. The van der Waals surface area contributed by atoms with Crippen LogP contribution in [0.3, 0.4) is 0 Å². The second-order valence-corrected chi connectivity index (χ2v) is 7.08. The Kier molecular flexibility index (Phi) is 5.27. The van der Waals surface area contributed by atoms with Crippen molar-refractivity contribution in [1.29, 1.82) is 0 Å². The van der Waals surface area contributed by atoms with E-state index in [1.165, 1.54) is 11.8 Å². The highest BCUT2D eigenvalue weighted by molar-refractivity contribution is 9.10. The Morgan fingerprint density at radius 3 is 2.75 bits per heavy atom. The molecule has 24 heavy (non-hydrogen) atoms. The van der Waals surface area contributed by atoms with Gasteiger partial charge < -0.3 is 9.73 Å². The smallest absolute Gasteiger partial charge is 0.277 e. The van der Waals surface area contributed by atoms with Crippen LogP contribution in [-0.2, 0) is 4.79 Å². The third-order valence-electron chi connectivity index (χ3n) is 3.07. The minimum atomic E-state index is -0.379. The van der Waals surface area contributed by atoms with Crippen molar-refractivity contribution in [2.45, 2.75) is 17.4 Å². The number of aromatic nitrogens is 3. The number of hydrogen-bond acceptors (Lipinski definition) is 6. The topological polar surface area (TPSA) is 80.9 Å². The molecule has 0 unspecified atom stereocenters. The van der Waals surface area contributed by atoms with Crippen LogP contribution in [0.25, 0.3) is 11.5 Å². The van der Waals surface area contributed by atoms with Gasteiger partial charge in [-0.25, -0.2) is 0 Å². The number of nitrogens with one attached hydrogen (secondary N) is 1. The number of halogens is 1. The molecular weight excluding hydrogens is 392 g/mol. The lowest BCUT2D eigenvalue weighted by atomic mass is 10.3. The Balaban J connectivity index is 1.62. The molecule has 2 heterocycles. The van der Waals surface area contributed by atoms with Crippen LogP contribution >= 0.6 is 27.7 Å². The number of hydrogen-bond donors (Lipinski definition) is 1. The molecule has 0 radical (unpaired) electrons. The lowest BCUT2D eigenvalue weighted by Gasteiger charge is -2.09. The van der Waals surface area contributed by atoms with Crippen LogP contribution < -0.4 is 5.32 Å². The van der Waals surface area contributed by atoms with Crippen molar-refractivity contribution in [3.63, 3.8) is 0 Å². The van der Waals surface area contributed by atoms with Gasteiger partial charge in [0, 0.05) is 22.6 Å². The van der Waals surface area contributed by atoms with Crippen LogP contribution in [0.4, 0.5) is 5.69 Å². The van der Waals surface area contributed by atoms with Gasteiger partial charge in [-0.2, -0.15) is 0 Å². The fraction of sp³-hybridized carbons (Fsp3) is 0.125. The normalized spacial score (nSPS) is 11.9. The van der Waals surface area contributed by atoms with E-state index in [1.54, 1.807) is 25.4 Å². The zero-order valence-corrected chi connectivity index (χ0v) is 15.0.